The normalized spacial score (nSPS) is 16.9. The van der Waals surface area contributed by atoms with Gasteiger partial charge in [0.15, 0.2) is 0 Å². The van der Waals surface area contributed by atoms with Crippen LogP contribution in [0.5, 0.6) is 11.5 Å². The second-order valence-corrected chi connectivity index (χ2v) is 9.92. The fourth-order valence-electron chi connectivity index (χ4n) is 4.63. The third-order valence-corrected chi connectivity index (χ3v) is 6.50. The highest BCUT2D eigenvalue weighted by molar-refractivity contribution is 6.51. The van der Waals surface area contributed by atoms with Crippen LogP contribution in [0.2, 0.25) is 0 Å². The maximum Gasteiger partial charge on any atom is 0.300 e. The van der Waals surface area contributed by atoms with E-state index in [1.165, 1.54) is 4.90 Å². The van der Waals surface area contributed by atoms with Gasteiger partial charge in [-0.05, 0) is 79.8 Å². The summed E-state index contributed by atoms with van der Waals surface area (Å²) in [4.78, 5) is 28.4. The number of amides is 1. The van der Waals surface area contributed by atoms with E-state index in [0.717, 1.165) is 22.3 Å². The van der Waals surface area contributed by atoms with Crippen molar-refractivity contribution in [3.63, 3.8) is 0 Å². The number of Topliss-reactive ketones (excluding diaryl/α,β-unsaturated/α-hetero) is 1. The minimum atomic E-state index is -0.788. The lowest BCUT2D eigenvalue weighted by atomic mass is 9.92. The minimum absolute atomic E-state index is 0.0587. The van der Waals surface area contributed by atoms with Gasteiger partial charge in [0.05, 0.1) is 25.3 Å². The first kappa shape index (κ1) is 26.0. The zero-order chi connectivity index (χ0) is 26.9. The quantitative estimate of drug-likeness (QED) is 0.235. The van der Waals surface area contributed by atoms with Gasteiger partial charge in [0, 0.05) is 11.3 Å². The number of ether oxygens (including phenoxy) is 2. The molecule has 4 rings (SSSR count). The zero-order valence-corrected chi connectivity index (χ0v) is 22.2. The average molecular weight is 500 g/mol. The second kappa shape index (κ2) is 10.5. The van der Waals surface area contributed by atoms with Crippen molar-refractivity contribution < 1.29 is 24.2 Å². The lowest BCUT2D eigenvalue weighted by Crippen LogP contribution is -2.29. The van der Waals surface area contributed by atoms with Gasteiger partial charge in [0.1, 0.15) is 17.3 Å². The van der Waals surface area contributed by atoms with E-state index in [9.17, 15) is 14.7 Å². The SMILES string of the molecule is COc1cc(C)c(/C(O)=C2\C(=O)C(=O)N(c3ccc(OCC(C)C)cc3)C2c2cccc(C)c2)cc1C. The first-order valence-corrected chi connectivity index (χ1v) is 12.4. The molecule has 1 aliphatic heterocycles. The van der Waals surface area contributed by atoms with E-state index in [1.54, 1.807) is 37.4 Å². The maximum atomic E-state index is 13.5. The Morgan fingerprint density at radius 3 is 2.30 bits per heavy atom. The van der Waals surface area contributed by atoms with Gasteiger partial charge in [-0.25, -0.2) is 0 Å². The molecule has 37 heavy (non-hydrogen) atoms. The molecule has 3 aromatic rings. The number of hydrogen-bond donors (Lipinski definition) is 1. The summed E-state index contributed by atoms with van der Waals surface area (Å²) >= 11 is 0. The molecule has 0 radical (unpaired) electrons. The van der Waals surface area contributed by atoms with Crippen LogP contribution in [0.25, 0.3) is 5.76 Å². The highest BCUT2D eigenvalue weighted by atomic mass is 16.5. The second-order valence-electron chi connectivity index (χ2n) is 9.92. The van der Waals surface area contributed by atoms with Crippen molar-refractivity contribution in [1.82, 2.24) is 0 Å². The van der Waals surface area contributed by atoms with E-state index >= 15 is 0 Å². The van der Waals surface area contributed by atoms with Gasteiger partial charge in [0.2, 0.25) is 0 Å². The summed E-state index contributed by atoms with van der Waals surface area (Å²) < 4.78 is 11.2. The number of hydrogen-bond acceptors (Lipinski definition) is 5. The minimum Gasteiger partial charge on any atom is -0.507 e. The summed E-state index contributed by atoms with van der Waals surface area (Å²) in [6, 6.07) is 17.6. The Morgan fingerprint density at radius 1 is 0.973 bits per heavy atom. The van der Waals surface area contributed by atoms with Gasteiger partial charge in [0.25, 0.3) is 11.7 Å². The van der Waals surface area contributed by atoms with Crippen LogP contribution in [0.4, 0.5) is 5.69 Å². The van der Waals surface area contributed by atoms with Crippen LogP contribution in [-0.4, -0.2) is 30.5 Å². The Morgan fingerprint density at radius 2 is 1.68 bits per heavy atom. The number of ketones is 1. The smallest absolute Gasteiger partial charge is 0.300 e. The highest BCUT2D eigenvalue weighted by Gasteiger charge is 2.47. The number of rotatable bonds is 7. The predicted octanol–water partition coefficient (Wildman–Crippen LogP) is 6.28. The molecule has 0 bridgehead atoms. The van der Waals surface area contributed by atoms with Crippen molar-refractivity contribution in [2.75, 3.05) is 18.6 Å². The third-order valence-electron chi connectivity index (χ3n) is 6.50. The van der Waals surface area contributed by atoms with Gasteiger partial charge in [-0.15, -0.1) is 0 Å². The van der Waals surface area contributed by atoms with Crippen molar-refractivity contribution >= 4 is 23.1 Å². The third kappa shape index (κ3) is 5.10. The van der Waals surface area contributed by atoms with Crippen LogP contribution in [0.1, 0.15) is 47.7 Å². The number of carbonyl (C=O) groups excluding carboxylic acids is 2. The number of benzene rings is 3. The van der Waals surface area contributed by atoms with Crippen molar-refractivity contribution in [2.24, 2.45) is 5.92 Å². The van der Waals surface area contributed by atoms with E-state index in [0.29, 0.717) is 35.3 Å². The first-order chi connectivity index (χ1) is 17.6. The van der Waals surface area contributed by atoms with Crippen molar-refractivity contribution in [2.45, 2.75) is 40.7 Å². The van der Waals surface area contributed by atoms with Crippen LogP contribution in [0.15, 0.2) is 66.2 Å². The van der Waals surface area contributed by atoms with E-state index in [-0.39, 0.29) is 11.3 Å². The van der Waals surface area contributed by atoms with Gasteiger partial charge < -0.3 is 14.6 Å². The van der Waals surface area contributed by atoms with Crippen LogP contribution >= 0.6 is 0 Å². The molecule has 6 nitrogen and oxygen atoms in total. The number of methoxy groups -OCH3 is 1. The van der Waals surface area contributed by atoms with Gasteiger partial charge in [-0.1, -0.05) is 43.7 Å². The number of nitrogens with zero attached hydrogens (tertiary/aromatic N) is 1. The number of aliphatic hydroxyl groups excluding tert-OH is 1. The molecular weight excluding hydrogens is 466 g/mol. The Bertz CT molecular complexity index is 1370. The summed E-state index contributed by atoms with van der Waals surface area (Å²) in [7, 11) is 1.59. The monoisotopic (exact) mass is 499 g/mol. The Kier molecular flexibility index (Phi) is 7.39. The van der Waals surface area contributed by atoms with Gasteiger partial charge in [-0.2, -0.15) is 0 Å². The molecule has 6 heteroatoms. The van der Waals surface area contributed by atoms with E-state index in [4.69, 9.17) is 9.47 Å². The van der Waals surface area contributed by atoms with Crippen molar-refractivity contribution in [3.8, 4) is 11.5 Å². The standard InChI is InChI=1S/C31H33NO5/c1-18(2)17-37-24-12-10-23(11-13-24)32-28(22-9-7-8-19(3)14-22)27(30(34)31(32)35)29(33)25-15-21(5)26(36-6)16-20(25)4/h7-16,18,28,33H,17H2,1-6H3/b29-27+. The van der Waals surface area contributed by atoms with Crippen LogP contribution in [0.3, 0.4) is 0 Å². The number of aryl methyl sites for hydroxylation is 3. The molecule has 1 heterocycles. The van der Waals surface area contributed by atoms with Gasteiger partial charge in [-0.3, -0.25) is 14.5 Å². The molecule has 1 unspecified atom stereocenters. The summed E-state index contributed by atoms with van der Waals surface area (Å²) in [6.07, 6.45) is 0. The van der Waals surface area contributed by atoms with Crippen LogP contribution < -0.4 is 14.4 Å². The molecule has 0 spiro atoms. The van der Waals surface area contributed by atoms with Crippen molar-refractivity contribution in [3.05, 3.63) is 94.1 Å². The Balaban J connectivity index is 1.87. The summed E-state index contributed by atoms with van der Waals surface area (Å²) in [5.41, 5.74) is 4.37. The molecule has 0 aliphatic carbocycles. The topological polar surface area (TPSA) is 76.1 Å². The van der Waals surface area contributed by atoms with Crippen molar-refractivity contribution in [1.29, 1.82) is 0 Å². The highest BCUT2D eigenvalue weighted by Crippen LogP contribution is 2.43. The maximum absolute atomic E-state index is 13.5. The summed E-state index contributed by atoms with van der Waals surface area (Å²) in [6.45, 7) is 10.4. The first-order valence-electron chi connectivity index (χ1n) is 12.4. The average Bonchev–Trinajstić information content (AvgIpc) is 3.14. The molecule has 1 fully saturated rings. The predicted molar refractivity (Wildman–Crippen MR) is 145 cm³/mol. The Labute approximate surface area is 218 Å². The zero-order valence-electron chi connectivity index (χ0n) is 22.2. The largest absolute Gasteiger partial charge is 0.507 e. The number of anilines is 1. The fraction of sp³-hybridized carbons (Fsp3) is 0.290. The molecule has 1 saturated heterocycles. The molecular formula is C31H33NO5. The lowest BCUT2D eigenvalue weighted by Gasteiger charge is -2.26. The van der Waals surface area contributed by atoms with E-state index in [1.807, 2.05) is 51.1 Å². The molecule has 0 aromatic heterocycles. The van der Waals surface area contributed by atoms with Crippen LogP contribution in [-0.2, 0) is 9.59 Å². The summed E-state index contributed by atoms with van der Waals surface area (Å²) in [5.74, 6) is 0.134. The molecule has 0 saturated carbocycles. The van der Waals surface area contributed by atoms with E-state index in [2.05, 4.69) is 13.8 Å². The van der Waals surface area contributed by atoms with E-state index < -0.39 is 17.7 Å². The number of carbonyl (C=O) groups is 2. The molecule has 1 amide bonds. The van der Waals surface area contributed by atoms with Gasteiger partial charge >= 0.3 is 0 Å². The Hall–Kier alpha value is -4.06. The molecule has 1 N–H and O–H groups in total. The molecule has 192 valence electrons. The molecule has 1 atom stereocenters. The lowest BCUT2D eigenvalue weighted by molar-refractivity contribution is -0.132. The van der Waals surface area contributed by atoms with Crippen LogP contribution in [0, 0.1) is 26.7 Å². The molecule has 1 aliphatic rings. The fourth-order valence-corrected chi connectivity index (χ4v) is 4.63. The number of aliphatic hydroxyl groups is 1. The molecule has 3 aromatic carbocycles. The summed E-state index contributed by atoms with van der Waals surface area (Å²) in [5, 5.41) is 11.5.